The van der Waals surface area contributed by atoms with Gasteiger partial charge in [-0.3, -0.25) is 9.59 Å². The van der Waals surface area contributed by atoms with E-state index in [-0.39, 0.29) is 63.4 Å². The first-order chi connectivity index (χ1) is 20.2. The van der Waals surface area contributed by atoms with Crippen LogP contribution in [0.4, 0.5) is 0 Å². The average Bonchev–Trinajstić information content (AvgIpc) is 3.46. The second-order valence-electron chi connectivity index (χ2n) is 17.9. The van der Waals surface area contributed by atoms with Crippen LogP contribution in [0, 0.1) is 46.3 Å². The van der Waals surface area contributed by atoms with Gasteiger partial charge in [0.1, 0.15) is 18.0 Å². The highest BCUT2D eigenvalue weighted by atomic mass is 79.9. The minimum atomic E-state index is -2.19. The van der Waals surface area contributed by atoms with E-state index in [4.69, 9.17) is 18.6 Å². The van der Waals surface area contributed by atoms with Crippen LogP contribution < -0.4 is 0 Å². The third-order valence-corrected chi connectivity index (χ3v) is 19.8. The molecule has 0 aromatic rings. The summed E-state index contributed by atoms with van der Waals surface area (Å²) >= 11 is 3.73. The number of rotatable bonds is 4. The standard InChI is InChI=1S/C35H57BrO7Si/c1-19-30-27(41-35(19)29(17-32(6,18-37)43-35)42-44(9,10)31(3,4)5)14-24-22-12-11-21-13-26(39)25(36)16-33(21,7)23(22)15-28(34(24,30)8)40-20(2)38/h19,21-25,27-30,37H,11-18H2,1-10H3/t19-,21-,22+,23-,24-,25+,27-,28+,29+,30-,32-,33-,34+,35-/m0/s1. The van der Waals surface area contributed by atoms with E-state index in [9.17, 15) is 14.7 Å². The van der Waals surface area contributed by atoms with Crippen LogP contribution >= 0.6 is 15.9 Å². The van der Waals surface area contributed by atoms with Gasteiger partial charge in [-0.15, -0.1) is 0 Å². The quantitative estimate of drug-likeness (QED) is 0.192. The van der Waals surface area contributed by atoms with Crippen LogP contribution in [-0.2, 0) is 28.2 Å². The van der Waals surface area contributed by atoms with Gasteiger partial charge in [0.05, 0.1) is 23.1 Å². The van der Waals surface area contributed by atoms with Gasteiger partial charge in [0.25, 0.3) is 0 Å². The molecule has 2 aliphatic heterocycles. The van der Waals surface area contributed by atoms with E-state index >= 15 is 0 Å². The zero-order chi connectivity index (χ0) is 32.4. The van der Waals surface area contributed by atoms with Crippen LogP contribution in [0.3, 0.4) is 0 Å². The van der Waals surface area contributed by atoms with Crippen molar-refractivity contribution in [1.82, 2.24) is 0 Å². The van der Waals surface area contributed by atoms with Crippen molar-refractivity contribution < 1.29 is 33.3 Å². The lowest BCUT2D eigenvalue weighted by Gasteiger charge is -2.62. The number of aliphatic hydroxyl groups excluding tert-OH is 1. The van der Waals surface area contributed by atoms with Gasteiger partial charge in [-0.1, -0.05) is 57.5 Å². The highest BCUT2D eigenvalue weighted by Crippen LogP contribution is 2.72. The first-order valence-electron chi connectivity index (χ1n) is 17.2. The molecule has 1 spiro atoms. The zero-order valence-electron chi connectivity index (χ0n) is 28.7. The molecule has 6 rings (SSSR count). The van der Waals surface area contributed by atoms with Crippen LogP contribution in [-0.4, -0.2) is 66.3 Å². The third-order valence-electron chi connectivity index (χ3n) is 14.5. The highest BCUT2D eigenvalue weighted by molar-refractivity contribution is 9.10. The van der Waals surface area contributed by atoms with Gasteiger partial charge >= 0.3 is 5.97 Å². The molecule has 2 saturated heterocycles. The van der Waals surface area contributed by atoms with Crippen LogP contribution in [0.25, 0.3) is 0 Å². The summed E-state index contributed by atoms with van der Waals surface area (Å²) in [4.78, 5) is 25.4. The smallest absolute Gasteiger partial charge is 0.302 e. The summed E-state index contributed by atoms with van der Waals surface area (Å²) in [7, 11) is -2.19. The number of hydrogen-bond donors (Lipinski definition) is 1. The summed E-state index contributed by atoms with van der Waals surface area (Å²) in [5.41, 5.74) is -0.981. The zero-order valence-corrected chi connectivity index (χ0v) is 31.3. The van der Waals surface area contributed by atoms with Crippen LogP contribution in [0.15, 0.2) is 0 Å². The van der Waals surface area contributed by atoms with Crippen molar-refractivity contribution in [3.8, 4) is 0 Å². The molecular weight excluding hydrogens is 640 g/mol. The van der Waals surface area contributed by atoms with Gasteiger partial charge in [-0.05, 0) is 86.2 Å². The number of halogens is 1. The second kappa shape index (κ2) is 10.6. The van der Waals surface area contributed by atoms with Crippen LogP contribution in [0.1, 0.15) is 100 Å². The van der Waals surface area contributed by atoms with Gasteiger partial charge in [0.2, 0.25) is 0 Å². The monoisotopic (exact) mass is 696 g/mol. The summed E-state index contributed by atoms with van der Waals surface area (Å²) in [5.74, 6) is 0.935. The number of carbonyl (C=O) groups is 2. The number of fused-ring (bicyclic) bond motifs is 7. The molecule has 0 aromatic heterocycles. The molecule has 14 atom stereocenters. The predicted molar refractivity (Wildman–Crippen MR) is 175 cm³/mol. The minimum absolute atomic E-state index is 0.00796. The van der Waals surface area contributed by atoms with Crippen molar-refractivity contribution in [3.05, 3.63) is 0 Å². The van der Waals surface area contributed by atoms with Crippen molar-refractivity contribution in [1.29, 1.82) is 0 Å². The number of Topliss-reactive ketones (excluding diaryl/α,β-unsaturated/α-hetero) is 1. The number of carbonyl (C=O) groups excluding carboxylic acids is 2. The van der Waals surface area contributed by atoms with Crippen molar-refractivity contribution in [3.63, 3.8) is 0 Å². The van der Waals surface area contributed by atoms with E-state index in [1.165, 1.54) is 0 Å². The Hall–Kier alpha value is -0.323. The van der Waals surface area contributed by atoms with E-state index in [0.717, 1.165) is 32.1 Å². The number of alkyl halides is 1. The Balaban J connectivity index is 1.37. The molecule has 2 heterocycles. The molecule has 4 saturated carbocycles. The normalized spacial score (nSPS) is 52.0. The number of ketones is 1. The molecule has 6 aliphatic rings. The molecule has 6 fully saturated rings. The van der Waals surface area contributed by atoms with Gasteiger partial charge in [0.15, 0.2) is 14.1 Å². The number of esters is 1. The Morgan fingerprint density at radius 1 is 1.09 bits per heavy atom. The Morgan fingerprint density at radius 3 is 2.39 bits per heavy atom. The molecule has 0 radical (unpaired) electrons. The van der Waals surface area contributed by atoms with E-state index in [1.807, 2.05) is 6.92 Å². The Bertz CT molecular complexity index is 1190. The molecule has 4 aliphatic carbocycles. The molecule has 1 N–H and O–H groups in total. The molecular formula is C35H57BrO7Si. The molecule has 44 heavy (non-hydrogen) atoms. The summed E-state index contributed by atoms with van der Waals surface area (Å²) in [6, 6.07) is 0. The largest absolute Gasteiger partial charge is 0.462 e. The Labute approximate surface area is 274 Å². The Kier molecular flexibility index (Phi) is 8.08. The lowest BCUT2D eigenvalue weighted by atomic mass is 9.43. The fraction of sp³-hybridized carbons (Fsp3) is 0.943. The molecule has 0 amide bonds. The third kappa shape index (κ3) is 4.74. The lowest BCUT2D eigenvalue weighted by Crippen LogP contribution is -2.61. The maximum Gasteiger partial charge on any atom is 0.302 e. The molecule has 7 nitrogen and oxygen atoms in total. The van der Waals surface area contributed by atoms with Gasteiger partial charge < -0.3 is 23.7 Å². The highest BCUT2D eigenvalue weighted by Gasteiger charge is 2.75. The summed E-state index contributed by atoms with van der Waals surface area (Å²) in [6.45, 7) is 21.8. The summed E-state index contributed by atoms with van der Waals surface area (Å²) in [5, 5.41) is 10.5. The minimum Gasteiger partial charge on any atom is -0.462 e. The van der Waals surface area contributed by atoms with E-state index in [0.29, 0.717) is 42.3 Å². The topological polar surface area (TPSA) is 91.3 Å². The fourth-order valence-corrected chi connectivity index (χ4v) is 13.5. The number of ether oxygens (including phenoxy) is 3. The summed E-state index contributed by atoms with van der Waals surface area (Å²) < 4.78 is 27.6. The van der Waals surface area contributed by atoms with E-state index < -0.39 is 19.7 Å². The SMILES string of the molecule is CC(=O)O[C@@H]1C[C@H]2[C@@H](CC[C@H]3CC(=O)[C@H](Br)C[C@@]32C)[C@@H]2C[C@@H]3O[C@]4(O[C@](C)(CO)C[C@H]4O[Si](C)(C)C(C)(C)C)[C@@H](C)[C@@H]3[C@@]12C. The maximum absolute atomic E-state index is 12.8. The van der Waals surface area contributed by atoms with E-state index in [1.54, 1.807) is 6.92 Å². The van der Waals surface area contributed by atoms with Crippen LogP contribution in [0.5, 0.6) is 0 Å². The fourth-order valence-electron chi connectivity index (χ4n) is 11.3. The van der Waals surface area contributed by atoms with Crippen molar-refractivity contribution >= 4 is 36.0 Å². The van der Waals surface area contributed by atoms with Crippen molar-refractivity contribution in [2.24, 2.45) is 46.3 Å². The second-order valence-corrected chi connectivity index (χ2v) is 23.8. The molecule has 0 aromatic carbocycles. The predicted octanol–water partition coefficient (Wildman–Crippen LogP) is 7.03. The maximum atomic E-state index is 12.8. The molecule has 9 heteroatoms. The average molecular weight is 698 g/mol. The lowest BCUT2D eigenvalue weighted by molar-refractivity contribution is -0.285. The van der Waals surface area contributed by atoms with Crippen molar-refractivity contribution in [2.45, 2.75) is 153 Å². The van der Waals surface area contributed by atoms with E-state index in [2.05, 4.69) is 70.6 Å². The molecule has 250 valence electrons. The van der Waals surface area contributed by atoms with Crippen LogP contribution in [0.2, 0.25) is 18.1 Å². The Morgan fingerprint density at radius 2 is 1.77 bits per heavy atom. The van der Waals surface area contributed by atoms with Crippen molar-refractivity contribution in [2.75, 3.05) is 6.61 Å². The van der Waals surface area contributed by atoms with Gasteiger partial charge in [0, 0.05) is 37.0 Å². The van der Waals surface area contributed by atoms with Gasteiger partial charge in [-0.2, -0.15) is 0 Å². The first-order valence-corrected chi connectivity index (χ1v) is 21.1. The number of hydrogen-bond acceptors (Lipinski definition) is 7. The summed E-state index contributed by atoms with van der Waals surface area (Å²) in [6.07, 6.45) is 5.51. The number of aliphatic hydroxyl groups is 1. The molecule has 0 bridgehead atoms. The molecule has 0 unspecified atom stereocenters. The van der Waals surface area contributed by atoms with Gasteiger partial charge in [-0.25, -0.2) is 0 Å². The first kappa shape index (κ1) is 33.6.